The van der Waals surface area contributed by atoms with E-state index < -0.39 is 6.43 Å². The summed E-state index contributed by atoms with van der Waals surface area (Å²) in [5.41, 5.74) is 2.57. The number of aromatic nitrogens is 1. The Morgan fingerprint density at radius 3 is 2.60 bits per heavy atom. The number of hydrogen-bond donors (Lipinski definition) is 1. The predicted octanol–water partition coefficient (Wildman–Crippen LogP) is 6.66. The van der Waals surface area contributed by atoms with Gasteiger partial charge in [0.2, 0.25) is 0 Å². The summed E-state index contributed by atoms with van der Waals surface area (Å²) in [6.45, 7) is 7.15. The summed E-state index contributed by atoms with van der Waals surface area (Å²) < 4.78 is 26.5. The maximum atomic E-state index is 13.3. The summed E-state index contributed by atoms with van der Waals surface area (Å²) in [5, 5.41) is 10.5. The molecule has 0 amide bonds. The second kappa shape index (κ2) is 7.12. The van der Waals surface area contributed by atoms with Crippen molar-refractivity contribution in [3.63, 3.8) is 0 Å². The van der Waals surface area contributed by atoms with E-state index in [1.807, 2.05) is 0 Å². The average molecular weight is 416 g/mol. The molecule has 5 rings (SSSR count). The molecule has 4 aliphatic rings. The molecule has 0 aliphatic heterocycles. The van der Waals surface area contributed by atoms with Gasteiger partial charge < -0.3 is 5.11 Å². The largest absolute Gasteiger partial charge is 0.393 e. The first-order chi connectivity index (χ1) is 14.3. The number of aliphatic hydroxyl groups is 1. The Morgan fingerprint density at radius 1 is 1.03 bits per heavy atom. The van der Waals surface area contributed by atoms with Crippen molar-refractivity contribution < 1.29 is 13.9 Å². The van der Waals surface area contributed by atoms with Crippen molar-refractivity contribution in [2.75, 3.05) is 0 Å². The number of rotatable bonds is 2. The Balaban J connectivity index is 1.43. The third-order valence-electron chi connectivity index (χ3n) is 10.1. The molecule has 0 aromatic carbocycles. The number of allylic oxidation sites excluding steroid dienone is 2. The first kappa shape index (κ1) is 20.6. The van der Waals surface area contributed by atoms with E-state index >= 15 is 0 Å². The van der Waals surface area contributed by atoms with Crippen LogP contribution in [0.3, 0.4) is 0 Å². The van der Waals surface area contributed by atoms with Crippen molar-refractivity contribution in [1.29, 1.82) is 0 Å². The van der Waals surface area contributed by atoms with Crippen LogP contribution >= 0.6 is 0 Å². The van der Waals surface area contributed by atoms with E-state index in [4.69, 9.17) is 0 Å². The van der Waals surface area contributed by atoms with Crippen molar-refractivity contribution in [2.24, 2.45) is 40.4 Å². The maximum Gasteiger partial charge on any atom is 0.265 e. The van der Waals surface area contributed by atoms with E-state index in [1.54, 1.807) is 12.3 Å². The smallest absolute Gasteiger partial charge is 0.265 e. The highest BCUT2D eigenvalue weighted by atomic mass is 19.3. The van der Waals surface area contributed by atoms with Gasteiger partial charge in [0, 0.05) is 18.0 Å². The lowest BCUT2D eigenvalue weighted by atomic mass is 9.43. The van der Waals surface area contributed by atoms with Crippen LogP contribution < -0.4 is 0 Å². The Labute approximate surface area is 179 Å². The highest BCUT2D eigenvalue weighted by Crippen LogP contribution is 2.68. The van der Waals surface area contributed by atoms with E-state index in [2.05, 4.69) is 31.8 Å². The van der Waals surface area contributed by atoms with Crippen LogP contribution in [0, 0.1) is 40.4 Å². The van der Waals surface area contributed by atoms with Crippen molar-refractivity contribution in [2.45, 2.75) is 78.2 Å². The first-order valence-electron chi connectivity index (χ1n) is 11.9. The van der Waals surface area contributed by atoms with Gasteiger partial charge in [-0.2, -0.15) is 0 Å². The standard InChI is InChI=1S/C26H35F2NO/c1-15-19-5-4-18-21-7-6-20(16-12-17(24(27)28)14-29-13-16)26(21,3)10-8-22(18)25(19,2)11-9-23(15)30/h6,12-15,18-19,21-24,30H,4-5,7-11H2,1-3H3/t15?,18-,19?,21-,22-,23?,25-,26+/m0/s1. The zero-order valence-electron chi connectivity index (χ0n) is 18.5. The van der Waals surface area contributed by atoms with Gasteiger partial charge >= 0.3 is 0 Å². The summed E-state index contributed by atoms with van der Waals surface area (Å²) in [4.78, 5) is 4.14. The summed E-state index contributed by atoms with van der Waals surface area (Å²) in [6, 6.07) is 1.66. The normalized spacial score (nSPS) is 45.5. The number of fused-ring (bicyclic) bond motifs is 5. The molecule has 4 aliphatic carbocycles. The van der Waals surface area contributed by atoms with Crippen LogP contribution in [0.4, 0.5) is 8.78 Å². The van der Waals surface area contributed by atoms with Crippen LogP contribution in [0.1, 0.15) is 83.3 Å². The molecule has 0 bridgehead atoms. The molecule has 4 heteroatoms. The van der Waals surface area contributed by atoms with Crippen LogP contribution in [0.2, 0.25) is 0 Å². The summed E-state index contributed by atoms with van der Waals surface area (Å²) >= 11 is 0. The number of halogens is 2. The Hall–Kier alpha value is -1.29. The summed E-state index contributed by atoms with van der Waals surface area (Å²) in [7, 11) is 0. The molecule has 0 spiro atoms. The van der Waals surface area contributed by atoms with Gasteiger partial charge in [-0.1, -0.05) is 26.8 Å². The second-order valence-electron chi connectivity index (χ2n) is 11.1. The molecule has 0 saturated heterocycles. The van der Waals surface area contributed by atoms with Crippen LogP contribution in [-0.4, -0.2) is 16.2 Å². The zero-order valence-corrected chi connectivity index (χ0v) is 18.5. The lowest BCUT2D eigenvalue weighted by Crippen LogP contribution is -2.55. The topological polar surface area (TPSA) is 33.1 Å². The number of pyridine rings is 1. The van der Waals surface area contributed by atoms with Crippen LogP contribution in [0.5, 0.6) is 0 Å². The highest BCUT2D eigenvalue weighted by molar-refractivity contribution is 5.72. The van der Waals surface area contributed by atoms with Crippen LogP contribution in [-0.2, 0) is 0 Å². The van der Waals surface area contributed by atoms with Crippen LogP contribution in [0.25, 0.3) is 5.57 Å². The molecular weight excluding hydrogens is 380 g/mol. The number of hydrogen-bond acceptors (Lipinski definition) is 2. The molecule has 1 aromatic heterocycles. The fourth-order valence-electron chi connectivity index (χ4n) is 8.45. The highest BCUT2D eigenvalue weighted by Gasteiger charge is 2.59. The fraction of sp³-hybridized carbons (Fsp3) is 0.731. The number of nitrogens with zero attached hydrogens (tertiary/aromatic N) is 1. The van der Waals surface area contributed by atoms with Gasteiger partial charge in [-0.3, -0.25) is 4.98 Å². The minimum atomic E-state index is -2.47. The quantitative estimate of drug-likeness (QED) is 0.586. The molecule has 0 radical (unpaired) electrons. The molecular formula is C26H35F2NO. The Morgan fingerprint density at radius 2 is 1.83 bits per heavy atom. The minimum absolute atomic E-state index is 0.0249. The lowest BCUT2D eigenvalue weighted by molar-refractivity contribution is -0.138. The van der Waals surface area contributed by atoms with Gasteiger partial charge in [0.05, 0.1) is 6.10 Å². The van der Waals surface area contributed by atoms with E-state index in [1.165, 1.54) is 31.0 Å². The van der Waals surface area contributed by atoms with Crippen molar-refractivity contribution in [3.8, 4) is 0 Å². The monoisotopic (exact) mass is 415 g/mol. The molecule has 164 valence electrons. The Kier molecular flexibility index (Phi) is 4.89. The van der Waals surface area contributed by atoms with Gasteiger partial charge in [0.25, 0.3) is 6.43 Å². The van der Waals surface area contributed by atoms with E-state index in [-0.39, 0.29) is 17.1 Å². The first-order valence-corrected chi connectivity index (χ1v) is 11.9. The maximum absolute atomic E-state index is 13.3. The minimum Gasteiger partial charge on any atom is -0.393 e. The summed E-state index contributed by atoms with van der Waals surface area (Å²) in [5.74, 6) is 3.06. The van der Waals surface area contributed by atoms with Gasteiger partial charge in [-0.25, -0.2) is 8.78 Å². The van der Waals surface area contributed by atoms with Gasteiger partial charge in [-0.05, 0) is 103 Å². The lowest BCUT2D eigenvalue weighted by Gasteiger charge is -2.62. The molecule has 1 heterocycles. The third-order valence-corrected chi connectivity index (χ3v) is 10.1. The third kappa shape index (κ3) is 2.85. The molecule has 8 atom stereocenters. The predicted molar refractivity (Wildman–Crippen MR) is 115 cm³/mol. The fourth-order valence-corrected chi connectivity index (χ4v) is 8.45. The zero-order chi connectivity index (χ0) is 21.3. The average Bonchev–Trinajstić information content (AvgIpc) is 3.08. The molecule has 3 fully saturated rings. The SMILES string of the molecule is CC1C(O)CC[C@@]2(C)C1CC[C@@H]1[C@@H]2CC[C@]2(C)C(c3cncc(C(F)F)c3)=CC[C@@H]12. The van der Waals surface area contributed by atoms with Gasteiger partial charge in [-0.15, -0.1) is 0 Å². The summed E-state index contributed by atoms with van der Waals surface area (Å²) in [6.07, 6.45) is 10.8. The van der Waals surface area contributed by atoms with E-state index in [0.29, 0.717) is 29.1 Å². The van der Waals surface area contributed by atoms with Crippen LogP contribution in [0.15, 0.2) is 24.5 Å². The molecule has 3 saturated carbocycles. The van der Waals surface area contributed by atoms with E-state index in [9.17, 15) is 13.9 Å². The molecule has 30 heavy (non-hydrogen) atoms. The Bertz CT molecular complexity index is 853. The van der Waals surface area contributed by atoms with Crippen molar-refractivity contribution in [3.05, 3.63) is 35.7 Å². The molecule has 3 unspecified atom stereocenters. The second-order valence-corrected chi connectivity index (χ2v) is 11.1. The number of alkyl halides is 2. The number of aliphatic hydroxyl groups excluding tert-OH is 1. The molecule has 1 aromatic rings. The van der Waals surface area contributed by atoms with Crippen molar-refractivity contribution >= 4 is 5.57 Å². The molecule has 1 N–H and O–H groups in total. The van der Waals surface area contributed by atoms with Crippen molar-refractivity contribution in [1.82, 2.24) is 4.98 Å². The van der Waals surface area contributed by atoms with Gasteiger partial charge in [0.15, 0.2) is 0 Å². The van der Waals surface area contributed by atoms with Gasteiger partial charge in [0.1, 0.15) is 0 Å². The van der Waals surface area contributed by atoms with E-state index in [0.717, 1.165) is 37.2 Å². The molecule has 2 nitrogen and oxygen atoms in total.